The zero-order chi connectivity index (χ0) is 19.5. The van der Waals surface area contributed by atoms with Gasteiger partial charge in [-0.25, -0.2) is 4.98 Å². The van der Waals surface area contributed by atoms with Crippen molar-refractivity contribution in [3.05, 3.63) is 81.9 Å². The first-order valence-electron chi connectivity index (χ1n) is 9.36. The Morgan fingerprint density at radius 1 is 1.18 bits per heavy atom. The number of nitrogens with zero attached hydrogens (tertiary/aromatic N) is 1. The van der Waals surface area contributed by atoms with E-state index < -0.39 is 0 Å². The van der Waals surface area contributed by atoms with E-state index in [1.807, 2.05) is 36.5 Å². The zero-order valence-electron chi connectivity index (χ0n) is 15.9. The lowest BCUT2D eigenvalue weighted by atomic mass is 10.0. The second kappa shape index (κ2) is 7.98. The number of amides is 1. The van der Waals surface area contributed by atoms with Crippen molar-refractivity contribution in [3.63, 3.8) is 0 Å². The van der Waals surface area contributed by atoms with Crippen molar-refractivity contribution in [1.82, 2.24) is 4.98 Å². The number of rotatable bonds is 5. The number of ether oxygens (including phenoxy) is 1. The van der Waals surface area contributed by atoms with Crippen LogP contribution in [-0.4, -0.2) is 17.5 Å². The lowest BCUT2D eigenvalue weighted by molar-refractivity contribution is -0.113. The maximum absolute atomic E-state index is 12.6. The van der Waals surface area contributed by atoms with Crippen molar-refractivity contribution in [2.45, 2.75) is 26.2 Å². The molecule has 0 atom stereocenters. The van der Waals surface area contributed by atoms with Crippen molar-refractivity contribution in [2.24, 2.45) is 0 Å². The number of para-hydroxylation sites is 1. The number of thiazole rings is 1. The Morgan fingerprint density at radius 3 is 2.75 bits per heavy atom. The van der Waals surface area contributed by atoms with Gasteiger partial charge in [0.2, 0.25) is 0 Å². The number of fused-ring (bicyclic) bond motifs is 1. The average molecular weight is 391 g/mol. The summed E-state index contributed by atoms with van der Waals surface area (Å²) in [6.45, 7) is 4.65. The summed E-state index contributed by atoms with van der Waals surface area (Å²) in [5.74, 6) is 1.17. The number of aromatic nitrogens is 1. The van der Waals surface area contributed by atoms with Crippen molar-refractivity contribution in [1.29, 1.82) is 0 Å². The molecule has 0 bridgehead atoms. The van der Waals surface area contributed by atoms with Gasteiger partial charge >= 0.3 is 0 Å². The van der Waals surface area contributed by atoms with Crippen LogP contribution in [0.2, 0.25) is 0 Å². The highest BCUT2D eigenvalue weighted by atomic mass is 32.1. The molecule has 0 saturated heterocycles. The predicted octanol–water partition coefficient (Wildman–Crippen LogP) is 5.27. The third-order valence-corrected chi connectivity index (χ3v) is 5.64. The molecule has 0 fully saturated rings. The molecular weight excluding hydrogens is 368 g/mol. The van der Waals surface area contributed by atoms with E-state index in [-0.39, 0.29) is 12.5 Å². The molecular formula is C23H22N2O2S. The molecule has 1 aliphatic rings. The van der Waals surface area contributed by atoms with Crippen molar-refractivity contribution in [3.8, 4) is 5.75 Å². The lowest BCUT2D eigenvalue weighted by Crippen LogP contribution is -2.21. The fraction of sp³-hybridized carbons (Fsp3) is 0.217. The molecule has 0 radical (unpaired) electrons. The summed E-state index contributed by atoms with van der Waals surface area (Å²) < 4.78 is 5.66. The smallest absolute Gasteiger partial charge is 0.256 e. The Kier molecular flexibility index (Phi) is 5.26. The average Bonchev–Trinajstić information content (AvgIpc) is 3.14. The normalized spacial score (nSPS) is 12.9. The van der Waals surface area contributed by atoms with Crippen LogP contribution in [0.3, 0.4) is 0 Å². The van der Waals surface area contributed by atoms with Crippen molar-refractivity contribution >= 4 is 28.5 Å². The van der Waals surface area contributed by atoms with Crippen LogP contribution in [0.15, 0.2) is 60.3 Å². The molecule has 1 aromatic heterocycles. The van der Waals surface area contributed by atoms with Gasteiger partial charge in [0.15, 0.2) is 5.13 Å². The minimum absolute atomic E-state index is 0.170. The Labute approximate surface area is 168 Å². The third-order valence-electron chi connectivity index (χ3n) is 4.72. The zero-order valence-corrected chi connectivity index (χ0v) is 16.8. The summed E-state index contributed by atoms with van der Waals surface area (Å²) >= 11 is 1.51. The van der Waals surface area contributed by atoms with E-state index >= 15 is 0 Å². The molecule has 4 rings (SSSR count). The molecule has 0 unspecified atom stereocenters. The van der Waals surface area contributed by atoms with E-state index in [0.29, 0.717) is 16.6 Å². The molecule has 28 heavy (non-hydrogen) atoms. The molecule has 1 amide bonds. The van der Waals surface area contributed by atoms with E-state index in [4.69, 9.17) is 4.74 Å². The van der Waals surface area contributed by atoms with Gasteiger partial charge in [-0.3, -0.25) is 10.1 Å². The molecule has 0 spiro atoms. The summed E-state index contributed by atoms with van der Waals surface area (Å²) in [6.07, 6.45) is 4.52. The molecule has 1 aliphatic heterocycles. The third kappa shape index (κ3) is 4.15. The van der Waals surface area contributed by atoms with Gasteiger partial charge in [-0.2, -0.15) is 0 Å². The Balaban J connectivity index is 1.41. The number of anilines is 1. The van der Waals surface area contributed by atoms with Gasteiger partial charge in [-0.1, -0.05) is 56.3 Å². The summed E-state index contributed by atoms with van der Waals surface area (Å²) in [4.78, 5) is 18.0. The highest BCUT2D eigenvalue weighted by Crippen LogP contribution is 2.27. The lowest BCUT2D eigenvalue weighted by Gasteiger charge is -2.16. The first-order chi connectivity index (χ1) is 13.6. The minimum Gasteiger partial charge on any atom is -0.488 e. The Hall–Kier alpha value is -2.92. The van der Waals surface area contributed by atoms with Crippen LogP contribution in [-0.2, 0) is 11.2 Å². The summed E-state index contributed by atoms with van der Waals surface area (Å²) in [6, 6.07) is 16.4. The largest absolute Gasteiger partial charge is 0.488 e. The molecule has 1 N–H and O–H groups in total. The first-order valence-corrected chi connectivity index (χ1v) is 10.2. The second-order valence-electron chi connectivity index (χ2n) is 7.15. The SMILES string of the molecule is CC(C)c1ccc(Cc2cnc(NC(=O)C3=Cc4ccccc4OC3)s2)cc1. The highest BCUT2D eigenvalue weighted by Gasteiger charge is 2.18. The molecule has 0 saturated carbocycles. The van der Waals surface area contributed by atoms with Gasteiger partial charge in [0, 0.05) is 23.1 Å². The van der Waals surface area contributed by atoms with Gasteiger partial charge in [-0.15, -0.1) is 11.3 Å². The fourth-order valence-electron chi connectivity index (χ4n) is 3.09. The molecule has 142 valence electrons. The molecule has 0 aliphatic carbocycles. The maximum Gasteiger partial charge on any atom is 0.256 e. The number of carbonyl (C=O) groups is 1. The topological polar surface area (TPSA) is 51.2 Å². The van der Waals surface area contributed by atoms with Crippen LogP contribution in [0.25, 0.3) is 6.08 Å². The van der Waals surface area contributed by atoms with E-state index in [9.17, 15) is 4.79 Å². The monoisotopic (exact) mass is 390 g/mol. The molecule has 3 aromatic rings. The second-order valence-corrected chi connectivity index (χ2v) is 8.27. The van der Waals surface area contributed by atoms with Crippen LogP contribution >= 0.6 is 11.3 Å². The summed E-state index contributed by atoms with van der Waals surface area (Å²) in [5, 5.41) is 3.50. The van der Waals surface area contributed by atoms with Gasteiger partial charge < -0.3 is 4.74 Å². The number of benzene rings is 2. The van der Waals surface area contributed by atoms with E-state index in [0.717, 1.165) is 22.6 Å². The van der Waals surface area contributed by atoms with E-state index in [2.05, 4.69) is 48.4 Å². The van der Waals surface area contributed by atoms with Gasteiger partial charge in [0.05, 0.1) is 5.57 Å². The van der Waals surface area contributed by atoms with E-state index in [1.165, 1.54) is 22.5 Å². The van der Waals surface area contributed by atoms with Crippen LogP contribution in [0.1, 0.15) is 41.3 Å². The van der Waals surface area contributed by atoms with E-state index in [1.54, 1.807) is 0 Å². The first kappa shape index (κ1) is 18.4. The molecule has 4 nitrogen and oxygen atoms in total. The van der Waals surface area contributed by atoms with Gasteiger partial charge in [-0.05, 0) is 29.2 Å². The van der Waals surface area contributed by atoms with Crippen LogP contribution in [0, 0.1) is 0 Å². The number of hydrogen-bond donors (Lipinski definition) is 1. The summed E-state index contributed by atoms with van der Waals surface area (Å²) in [5.41, 5.74) is 4.10. The standard InChI is InChI=1S/C23H22N2O2S/c1-15(2)17-9-7-16(8-10-17)11-20-13-24-23(28-20)25-22(26)19-12-18-5-3-4-6-21(18)27-14-19/h3-10,12-13,15H,11,14H2,1-2H3,(H,24,25,26). The van der Waals surface area contributed by atoms with Gasteiger partial charge in [0.1, 0.15) is 12.4 Å². The fourth-order valence-corrected chi connectivity index (χ4v) is 3.93. The Bertz CT molecular complexity index is 1020. The highest BCUT2D eigenvalue weighted by molar-refractivity contribution is 7.15. The maximum atomic E-state index is 12.6. The quantitative estimate of drug-likeness (QED) is 0.645. The summed E-state index contributed by atoms with van der Waals surface area (Å²) in [7, 11) is 0. The number of nitrogens with one attached hydrogen (secondary N) is 1. The predicted molar refractivity (Wildman–Crippen MR) is 114 cm³/mol. The van der Waals surface area contributed by atoms with Crippen molar-refractivity contribution < 1.29 is 9.53 Å². The molecule has 2 heterocycles. The van der Waals surface area contributed by atoms with Crippen LogP contribution in [0.5, 0.6) is 5.75 Å². The minimum atomic E-state index is -0.170. The van der Waals surface area contributed by atoms with Gasteiger partial charge in [0.25, 0.3) is 5.91 Å². The number of carbonyl (C=O) groups excluding carboxylic acids is 1. The van der Waals surface area contributed by atoms with Crippen LogP contribution < -0.4 is 10.1 Å². The van der Waals surface area contributed by atoms with Crippen LogP contribution in [0.4, 0.5) is 5.13 Å². The number of hydrogen-bond acceptors (Lipinski definition) is 4. The molecule has 2 aromatic carbocycles. The Morgan fingerprint density at radius 2 is 1.96 bits per heavy atom. The molecule has 5 heteroatoms. The van der Waals surface area contributed by atoms with Crippen molar-refractivity contribution in [2.75, 3.05) is 11.9 Å².